The normalized spacial score (nSPS) is 9.86. The molecule has 0 saturated carbocycles. The molecule has 4 N–H and O–H groups in total. The summed E-state index contributed by atoms with van der Waals surface area (Å²) in [6, 6.07) is 21.9. The Hall–Kier alpha value is -2.65. The summed E-state index contributed by atoms with van der Waals surface area (Å²) in [5, 5.41) is 0. The average molecular weight is 407 g/mol. The van der Waals surface area contributed by atoms with Gasteiger partial charge in [-0.15, -0.1) is 0 Å². The lowest BCUT2D eigenvalue weighted by atomic mass is 9.98. The third-order valence-corrected chi connectivity index (χ3v) is 4.30. The van der Waals surface area contributed by atoms with E-state index in [1.807, 2.05) is 60.7 Å². The summed E-state index contributed by atoms with van der Waals surface area (Å²) in [6.07, 6.45) is 5.34. The third kappa shape index (κ3) is 8.93. The van der Waals surface area contributed by atoms with Gasteiger partial charge < -0.3 is 20.9 Å². The van der Waals surface area contributed by atoms with Crippen LogP contribution in [0.1, 0.15) is 26.2 Å². The van der Waals surface area contributed by atoms with Crippen molar-refractivity contribution >= 4 is 27.5 Å². The second kappa shape index (κ2) is 12.7. The van der Waals surface area contributed by atoms with Gasteiger partial charge in [-0.05, 0) is 36.4 Å². The molecule has 3 rings (SSSR count). The van der Waals surface area contributed by atoms with Crippen LogP contribution in [0.25, 0.3) is 0 Å². The molecule has 0 bridgehead atoms. The minimum atomic E-state index is 0.657. The SMILES string of the molecule is CCCCC[B]P.Nc1cccc(Oc2cccc(Oc3cccc(N)c3)c2)c1. The molecule has 4 nitrogen and oxygen atoms in total. The molecule has 0 spiro atoms. The monoisotopic (exact) mass is 407 g/mol. The number of hydrogen-bond donors (Lipinski definition) is 2. The van der Waals surface area contributed by atoms with Crippen molar-refractivity contribution in [2.75, 3.05) is 11.5 Å². The summed E-state index contributed by atoms with van der Waals surface area (Å²) in [5.74, 6) is 2.71. The van der Waals surface area contributed by atoms with Gasteiger partial charge in [0.15, 0.2) is 0 Å². The average Bonchev–Trinajstić information content (AvgIpc) is 2.69. The lowest BCUT2D eigenvalue weighted by Gasteiger charge is -2.09. The molecule has 0 saturated heterocycles. The second-order valence-corrected chi connectivity index (χ2v) is 7.03. The van der Waals surface area contributed by atoms with Gasteiger partial charge in [-0.3, -0.25) is 0 Å². The first kappa shape index (κ1) is 22.6. The summed E-state index contributed by atoms with van der Waals surface area (Å²) in [7, 11) is 2.62. The Morgan fingerprint density at radius 3 is 1.59 bits per heavy atom. The highest BCUT2D eigenvalue weighted by molar-refractivity contribution is 7.55. The van der Waals surface area contributed by atoms with Crippen molar-refractivity contribution in [3.63, 3.8) is 0 Å². The second-order valence-electron chi connectivity index (χ2n) is 6.56. The molecule has 0 amide bonds. The molecule has 151 valence electrons. The molecule has 0 heterocycles. The molecule has 0 aliphatic carbocycles. The summed E-state index contributed by atoms with van der Waals surface area (Å²) in [4.78, 5) is 0. The van der Waals surface area contributed by atoms with Crippen LogP contribution in [-0.2, 0) is 0 Å². The van der Waals surface area contributed by atoms with Crippen molar-refractivity contribution in [2.45, 2.75) is 32.5 Å². The number of unbranched alkanes of at least 4 members (excludes halogenated alkanes) is 2. The highest BCUT2D eigenvalue weighted by Crippen LogP contribution is 2.29. The van der Waals surface area contributed by atoms with E-state index in [0.717, 1.165) is 0 Å². The van der Waals surface area contributed by atoms with Crippen molar-refractivity contribution < 1.29 is 9.47 Å². The van der Waals surface area contributed by atoms with E-state index in [9.17, 15) is 0 Å². The van der Waals surface area contributed by atoms with Crippen LogP contribution in [0.3, 0.4) is 0 Å². The van der Waals surface area contributed by atoms with E-state index in [1.54, 1.807) is 12.1 Å². The molecular formula is C23H29BN2O2P. The van der Waals surface area contributed by atoms with Crippen LogP contribution < -0.4 is 20.9 Å². The zero-order valence-electron chi connectivity index (χ0n) is 16.9. The first-order valence-electron chi connectivity index (χ1n) is 9.81. The van der Waals surface area contributed by atoms with Crippen molar-refractivity contribution in [3.05, 3.63) is 72.8 Å². The van der Waals surface area contributed by atoms with E-state index < -0.39 is 0 Å². The molecule has 1 radical (unpaired) electrons. The highest BCUT2D eigenvalue weighted by atomic mass is 31.0. The van der Waals surface area contributed by atoms with Crippen LogP contribution in [0.15, 0.2) is 72.8 Å². The van der Waals surface area contributed by atoms with E-state index in [0.29, 0.717) is 34.4 Å². The quantitative estimate of drug-likeness (QED) is 0.193. The van der Waals surface area contributed by atoms with Crippen molar-refractivity contribution in [1.82, 2.24) is 0 Å². The lowest BCUT2D eigenvalue weighted by molar-refractivity contribution is 0.460. The van der Waals surface area contributed by atoms with Gasteiger partial charge in [0, 0.05) is 29.6 Å². The summed E-state index contributed by atoms with van der Waals surface area (Å²) in [5.41, 5.74) is 12.8. The first-order valence-corrected chi connectivity index (χ1v) is 10.5. The standard InChI is InChI=1S/C18H16N2O2.C5H13BP/c19-13-4-1-6-15(10-13)21-17-8-3-9-18(12-17)22-16-7-2-5-14(20)11-16;1-2-3-4-5-6-7/h1-12H,19-20H2;2-5,7H2,1H3. The number of nitrogen functional groups attached to an aromatic ring is 2. The zero-order chi connectivity index (χ0) is 20.9. The van der Waals surface area contributed by atoms with Crippen molar-refractivity contribution in [1.29, 1.82) is 0 Å². The Morgan fingerprint density at radius 1 is 0.724 bits per heavy atom. The molecule has 29 heavy (non-hydrogen) atoms. The maximum absolute atomic E-state index is 5.78. The Kier molecular flexibility index (Phi) is 9.95. The van der Waals surface area contributed by atoms with Gasteiger partial charge in [-0.1, -0.05) is 50.7 Å². The molecule has 0 aliphatic rings. The number of benzene rings is 3. The summed E-state index contributed by atoms with van der Waals surface area (Å²) < 4.78 is 11.6. The van der Waals surface area contributed by atoms with Crippen LogP contribution in [0.4, 0.5) is 11.4 Å². The Bertz CT molecular complexity index is 810. The van der Waals surface area contributed by atoms with Crippen molar-refractivity contribution in [3.8, 4) is 23.0 Å². The van der Waals surface area contributed by atoms with Crippen LogP contribution in [0, 0.1) is 0 Å². The van der Waals surface area contributed by atoms with Gasteiger partial charge in [0.1, 0.15) is 30.0 Å². The third-order valence-electron chi connectivity index (χ3n) is 3.97. The maximum atomic E-state index is 5.78. The van der Waals surface area contributed by atoms with E-state index in [-0.39, 0.29) is 0 Å². The van der Waals surface area contributed by atoms with Crippen LogP contribution in [0.5, 0.6) is 23.0 Å². The fraction of sp³-hybridized carbons (Fsp3) is 0.217. The van der Waals surface area contributed by atoms with Crippen LogP contribution >= 0.6 is 9.12 Å². The minimum absolute atomic E-state index is 0.657. The largest absolute Gasteiger partial charge is 0.457 e. The van der Waals surface area contributed by atoms with Gasteiger partial charge in [0.25, 0.3) is 0 Å². The summed E-state index contributed by atoms with van der Waals surface area (Å²) in [6.45, 7) is 4.37. The van der Waals surface area contributed by atoms with Crippen molar-refractivity contribution in [2.24, 2.45) is 0 Å². The van der Waals surface area contributed by atoms with Gasteiger partial charge in [0.2, 0.25) is 0 Å². The lowest BCUT2D eigenvalue weighted by Crippen LogP contribution is -1.90. The predicted octanol–water partition coefficient (Wildman–Crippen LogP) is 6.52. The first-order chi connectivity index (χ1) is 14.1. The maximum Gasteiger partial charge on any atom is 0.138 e. The van der Waals surface area contributed by atoms with Gasteiger partial charge >= 0.3 is 0 Å². The van der Waals surface area contributed by atoms with Crippen LogP contribution in [0.2, 0.25) is 6.32 Å². The number of anilines is 2. The zero-order valence-corrected chi connectivity index (χ0v) is 18.0. The van der Waals surface area contributed by atoms with E-state index in [2.05, 4.69) is 23.0 Å². The Morgan fingerprint density at radius 2 is 1.17 bits per heavy atom. The molecule has 6 heteroatoms. The summed E-state index contributed by atoms with van der Waals surface area (Å²) >= 11 is 0. The molecule has 0 fully saturated rings. The smallest absolute Gasteiger partial charge is 0.138 e. The number of ether oxygens (including phenoxy) is 2. The fourth-order valence-electron chi connectivity index (χ4n) is 2.54. The molecule has 1 unspecified atom stereocenters. The topological polar surface area (TPSA) is 70.5 Å². The van der Waals surface area contributed by atoms with Gasteiger partial charge in [0.05, 0.1) is 0 Å². The number of hydrogen-bond acceptors (Lipinski definition) is 4. The van der Waals surface area contributed by atoms with Crippen LogP contribution in [-0.4, -0.2) is 7.00 Å². The van der Waals surface area contributed by atoms with E-state index >= 15 is 0 Å². The van der Waals surface area contributed by atoms with Gasteiger partial charge in [-0.2, -0.15) is 9.12 Å². The predicted molar refractivity (Wildman–Crippen MR) is 128 cm³/mol. The highest BCUT2D eigenvalue weighted by Gasteiger charge is 2.02. The molecule has 0 aliphatic heterocycles. The van der Waals surface area contributed by atoms with Gasteiger partial charge in [-0.25, -0.2) is 0 Å². The van der Waals surface area contributed by atoms with E-state index in [4.69, 9.17) is 20.9 Å². The molecule has 1 atom stereocenters. The molecule has 0 aromatic heterocycles. The fourth-order valence-corrected chi connectivity index (χ4v) is 2.78. The minimum Gasteiger partial charge on any atom is -0.457 e. The Labute approximate surface area is 177 Å². The molecular weight excluding hydrogens is 378 g/mol. The number of rotatable bonds is 8. The Balaban J connectivity index is 0.000000370. The molecule has 3 aromatic rings. The van der Waals surface area contributed by atoms with E-state index in [1.165, 1.54) is 25.6 Å². The number of nitrogens with two attached hydrogens (primary N) is 2. The molecule has 3 aromatic carbocycles.